The highest BCUT2D eigenvalue weighted by atomic mass is 14.8. The van der Waals surface area contributed by atoms with Crippen molar-refractivity contribution in [3.63, 3.8) is 0 Å². The largest absolute Gasteiger partial charge is 0.355 e. The molecule has 40 heavy (non-hydrogen) atoms. The molecule has 210 valence electrons. The number of H-pyrrole nitrogens is 2. The Bertz CT molecular complexity index is 1550. The van der Waals surface area contributed by atoms with E-state index in [-0.39, 0.29) is 0 Å². The molecule has 5 rings (SSSR count). The minimum absolute atomic E-state index is 0.965. The average molecular weight is 535 g/mol. The van der Waals surface area contributed by atoms with Gasteiger partial charge in [0.1, 0.15) is 0 Å². The molecular weight excluding hydrogens is 488 g/mol. The summed E-state index contributed by atoms with van der Waals surface area (Å²) in [5, 5.41) is 0. The summed E-state index contributed by atoms with van der Waals surface area (Å²) in [5.41, 5.74) is 20.2. The number of hydrogen-bond donors (Lipinski definition) is 2. The molecule has 0 amide bonds. The second-order valence-electron chi connectivity index (χ2n) is 10.9. The predicted octanol–water partition coefficient (Wildman–Crippen LogP) is 10.0. The maximum atomic E-state index is 5.28. The van der Waals surface area contributed by atoms with Gasteiger partial charge in [-0.1, -0.05) is 55.4 Å². The molecule has 5 heterocycles. The van der Waals surface area contributed by atoms with Crippen LogP contribution < -0.4 is 0 Å². The molecule has 0 saturated heterocycles. The van der Waals surface area contributed by atoms with Crippen LogP contribution in [-0.4, -0.2) is 19.9 Å². The summed E-state index contributed by atoms with van der Waals surface area (Å²) >= 11 is 0. The molecule has 8 bridgehead atoms. The predicted molar refractivity (Wildman–Crippen MR) is 173 cm³/mol. The third-order valence-corrected chi connectivity index (χ3v) is 8.97. The van der Waals surface area contributed by atoms with E-state index in [2.05, 4.69) is 89.6 Å². The van der Waals surface area contributed by atoms with E-state index in [1.807, 2.05) is 0 Å². The summed E-state index contributed by atoms with van der Waals surface area (Å²) in [6.07, 6.45) is 7.84. The maximum absolute atomic E-state index is 5.28. The molecule has 0 radical (unpaired) electrons. The van der Waals surface area contributed by atoms with Gasteiger partial charge >= 0.3 is 0 Å². The first kappa shape index (κ1) is 28.1. The zero-order valence-corrected chi connectivity index (χ0v) is 25.9. The van der Waals surface area contributed by atoms with Gasteiger partial charge in [-0.2, -0.15) is 0 Å². The zero-order chi connectivity index (χ0) is 28.6. The van der Waals surface area contributed by atoms with Crippen LogP contribution in [-0.2, 0) is 25.7 Å². The van der Waals surface area contributed by atoms with Gasteiger partial charge in [-0.05, 0) is 120 Å². The molecule has 0 spiro atoms. The fourth-order valence-electron chi connectivity index (χ4n) is 7.10. The van der Waals surface area contributed by atoms with Crippen molar-refractivity contribution >= 4 is 44.4 Å². The van der Waals surface area contributed by atoms with Crippen LogP contribution in [0.25, 0.3) is 44.4 Å². The molecule has 0 aliphatic carbocycles. The van der Waals surface area contributed by atoms with Gasteiger partial charge < -0.3 is 9.97 Å². The number of aryl methyl sites for hydroxylation is 4. The van der Waals surface area contributed by atoms with E-state index in [1.54, 1.807) is 0 Å². The molecule has 0 aromatic carbocycles. The minimum atomic E-state index is 0.965. The van der Waals surface area contributed by atoms with Crippen LogP contribution in [0.15, 0.2) is 24.3 Å². The lowest BCUT2D eigenvalue weighted by Gasteiger charge is -2.04. The molecule has 3 aromatic rings. The van der Waals surface area contributed by atoms with Gasteiger partial charge in [-0.25, -0.2) is 9.97 Å². The van der Waals surface area contributed by atoms with Crippen molar-refractivity contribution in [2.45, 2.75) is 107 Å². The number of nitrogens with one attached hydrogen (secondary N) is 2. The van der Waals surface area contributed by atoms with Crippen LogP contribution in [0.1, 0.15) is 126 Å². The molecule has 2 aliphatic heterocycles. The van der Waals surface area contributed by atoms with E-state index in [1.165, 1.54) is 66.6 Å². The third-order valence-electron chi connectivity index (χ3n) is 8.97. The van der Waals surface area contributed by atoms with Gasteiger partial charge in [0.05, 0.1) is 22.8 Å². The minimum Gasteiger partial charge on any atom is -0.355 e. The molecule has 0 fully saturated rings. The zero-order valence-electron chi connectivity index (χ0n) is 25.9. The number of aromatic nitrogens is 4. The van der Waals surface area contributed by atoms with E-state index in [0.717, 1.165) is 74.1 Å². The van der Waals surface area contributed by atoms with Crippen molar-refractivity contribution in [3.8, 4) is 0 Å². The number of nitrogens with zero attached hydrogens (tertiary/aromatic N) is 2. The molecule has 2 N–H and O–H groups in total. The fraction of sp³-hybridized carbons (Fsp3) is 0.444. The first-order chi connectivity index (χ1) is 19.5. The summed E-state index contributed by atoms with van der Waals surface area (Å²) in [4.78, 5) is 18.2. The molecule has 0 unspecified atom stereocenters. The normalized spacial score (nSPS) is 13.6. The summed E-state index contributed by atoms with van der Waals surface area (Å²) < 4.78 is 0. The average Bonchev–Trinajstić information content (AvgIpc) is 3.67. The van der Waals surface area contributed by atoms with Crippen LogP contribution in [0.2, 0.25) is 0 Å². The van der Waals surface area contributed by atoms with Crippen molar-refractivity contribution < 1.29 is 0 Å². The summed E-state index contributed by atoms with van der Waals surface area (Å²) in [6, 6.07) is 9.24. The second kappa shape index (κ2) is 11.6. The molecule has 0 atom stereocenters. The number of allylic oxidation sites excluding steroid dienone is 4. The second-order valence-corrected chi connectivity index (χ2v) is 10.9. The Morgan fingerprint density at radius 3 is 0.925 bits per heavy atom. The smallest absolute Gasteiger partial charge is 0.0694 e. The van der Waals surface area contributed by atoms with E-state index < -0.39 is 0 Å². The lowest BCUT2D eigenvalue weighted by atomic mass is 9.97. The van der Waals surface area contributed by atoms with Crippen molar-refractivity contribution in [3.05, 3.63) is 69.3 Å². The molecule has 4 heteroatoms. The first-order valence-electron chi connectivity index (χ1n) is 15.7. The lowest BCUT2D eigenvalue weighted by molar-refractivity contribution is 1.07. The molecule has 0 saturated carbocycles. The quantitative estimate of drug-likeness (QED) is 0.302. The Kier molecular flexibility index (Phi) is 8.16. The van der Waals surface area contributed by atoms with Gasteiger partial charge in [0.15, 0.2) is 0 Å². The van der Waals surface area contributed by atoms with Crippen LogP contribution in [0.5, 0.6) is 0 Å². The van der Waals surface area contributed by atoms with Crippen molar-refractivity contribution in [2.75, 3.05) is 0 Å². The Balaban J connectivity index is 2.03. The Hall–Kier alpha value is -3.40. The SMILES string of the molecule is CCC1=C(CC)c2cc3[nH]c(cc4[nH]c(cc5nc(cc1n2)C(CC)=C5CC)c(CC)c4CC)c(CC)c3CC. The summed E-state index contributed by atoms with van der Waals surface area (Å²) in [5.74, 6) is 0. The summed E-state index contributed by atoms with van der Waals surface area (Å²) in [7, 11) is 0. The van der Waals surface area contributed by atoms with Crippen molar-refractivity contribution in [2.24, 2.45) is 0 Å². The Morgan fingerprint density at radius 2 is 0.650 bits per heavy atom. The number of aromatic amines is 2. The van der Waals surface area contributed by atoms with Crippen molar-refractivity contribution in [1.82, 2.24) is 19.9 Å². The van der Waals surface area contributed by atoms with Gasteiger partial charge in [0.2, 0.25) is 0 Å². The molecular formula is C36H46N4. The highest BCUT2D eigenvalue weighted by Gasteiger charge is 2.22. The molecule has 3 aromatic heterocycles. The highest BCUT2D eigenvalue weighted by molar-refractivity contribution is 5.96. The first-order valence-corrected chi connectivity index (χ1v) is 15.7. The van der Waals surface area contributed by atoms with Crippen LogP contribution >= 0.6 is 0 Å². The van der Waals surface area contributed by atoms with Gasteiger partial charge in [-0.15, -0.1) is 0 Å². The highest BCUT2D eigenvalue weighted by Crippen LogP contribution is 2.39. The number of rotatable bonds is 8. The van der Waals surface area contributed by atoms with Crippen LogP contribution in [0, 0.1) is 0 Å². The maximum Gasteiger partial charge on any atom is 0.0694 e. The number of fused-ring (bicyclic) bond motifs is 8. The monoisotopic (exact) mass is 534 g/mol. The topological polar surface area (TPSA) is 57.4 Å². The summed E-state index contributed by atoms with van der Waals surface area (Å²) in [6.45, 7) is 18.1. The molecule has 4 nitrogen and oxygen atoms in total. The fourth-order valence-corrected chi connectivity index (χ4v) is 7.10. The Morgan fingerprint density at radius 1 is 0.375 bits per heavy atom. The van der Waals surface area contributed by atoms with Gasteiger partial charge in [-0.3, -0.25) is 0 Å². The van der Waals surface area contributed by atoms with Crippen LogP contribution in [0.3, 0.4) is 0 Å². The van der Waals surface area contributed by atoms with Gasteiger partial charge in [0, 0.05) is 22.1 Å². The van der Waals surface area contributed by atoms with E-state index in [0.29, 0.717) is 0 Å². The standard InChI is InChI=1S/C36H46N4/c1-9-21-22(10-2)30-18-32-25(13-5)26(14-6)34(39-32)20-36-28(16-8)27(15-7)35(40-36)19-33-24(12-4)23(11-3)31(38-33)17-29(21)37-30/h17-20,37-38H,9-16H2,1-8H3. The van der Waals surface area contributed by atoms with Crippen molar-refractivity contribution in [1.29, 1.82) is 0 Å². The third kappa shape index (κ3) is 4.56. The van der Waals surface area contributed by atoms with Crippen LogP contribution in [0.4, 0.5) is 0 Å². The van der Waals surface area contributed by atoms with Gasteiger partial charge in [0.25, 0.3) is 0 Å². The van der Waals surface area contributed by atoms with E-state index >= 15 is 0 Å². The van der Waals surface area contributed by atoms with E-state index in [4.69, 9.17) is 9.97 Å². The Labute approximate surface area is 240 Å². The molecule has 2 aliphatic rings. The lowest BCUT2D eigenvalue weighted by Crippen LogP contribution is -1.87. The van der Waals surface area contributed by atoms with E-state index in [9.17, 15) is 0 Å². The number of hydrogen-bond acceptors (Lipinski definition) is 2.